The standard InChI is InChI=1S/C14H21F2NO3S/c1-14(2,21(4,19)20)9-17(3)8-12(18)13-10(15)6-5-7-11(13)16/h5-7,12,18H,8-9H2,1-4H3. The Kier molecular flexibility index (Phi) is 5.46. The first-order chi connectivity index (χ1) is 9.45. The number of aliphatic hydroxyl groups is 1. The van der Waals surface area contributed by atoms with E-state index in [0.29, 0.717) is 0 Å². The molecule has 4 nitrogen and oxygen atoms in total. The largest absolute Gasteiger partial charge is 0.387 e. The third-order valence-corrected chi connectivity index (χ3v) is 5.61. The van der Waals surface area contributed by atoms with Crippen LogP contribution in [0.25, 0.3) is 0 Å². The number of halogens is 2. The van der Waals surface area contributed by atoms with Crippen molar-refractivity contribution in [3.05, 3.63) is 35.4 Å². The van der Waals surface area contributed by atoms with Crippen LogP contribution in [0, 0.1) is 11.6 Å². The lowest BCUT2D eigenvalue weighted by molar-refractivity contribution is 0.116. The van der Waals surface area contributed by atoms with Crippen molar-refractivity contribution >= 4 is 9.84 Å². The van der Waals surface area contributed by atoms with Crippen LogP contribution in [0.15, 0.2) is 18.2 Å². The van der Waals surface area contributed by atoms with E-state index in [9.17, 15) is 22.3 Å². The predicted octanol–water partition coefficient (Wildman–Crippen LogP) is 1.75. The number of benzene rings is 1. The minimum atomic E-state index is -3.29. The van der Waals surface area contributed by atoms with Crippen LogP contribution in [-0.2, 0) is 9.84 Å². The van der Waals surface area contributed by atoms with E-state index in [2.05, 4.69) is 0 Å². The van der Waals surface area contributed by atoms with Gasteiger partial charge < -0.3 is 10.0 Å². The van der Waals surface area contributed by atoms with E-state index in [1.165, 1.54) is 11.0 Å². The molecule has 0 bridgehead atoms. The van der Waals surface area contributed by atoms with Crippen molar-refractivity contribution in [3.8, 4) is 0 Å². The van der Waals surface area contributed by atoms with Crippen LogP contribution in [0.1, 0.15) is 25.5 Å². The number of rotatable bonds is 6. The fourth-order valence-electron chi connectivity index (χ4n) is 2.05. The number of nitrogens with zero attached hydrogens (tertiary/aromatic N) is 1. The summed E-state index contributed by atoms with van der Waals surface area (Å²) in [7, 11) is -1.69. The minimum absolute atomic E-state index is 0.0726. The normalized spacial score (nSPS) is 14.5. The van der Waals surface area contributed by atoms with Crippen molar-refractivity contribution in [2.24, 2.45) is 0 Å². The first kappa shape index (κ1) is 18.0. The smallest absolute Gasteiger partial charge is 0.153 e. The first-order valence-corrected chi connectivity index (χ1v) is 8.35. The molecular formula is C14H21F2NO3S. The quantitative estimate of drug-likeness (QED) is 0.867. The van der Waals surface area contributed by atoms with Crippen LogP contribution < -0.4 is 0 Å². The molecule has 1 aromatic rings. The monoisotopic (exact) mass is 321 g/mol. The molecule has 1 rings (SSSR count). The maximum absolute atomic E-state index is 13.6. The molecule has 1 aromatic carbocycles. The summed E-state index contributed by atoms with van der Waals surface area (Å²) < 4.78 is 49.4. The highest BCUT2D eigenvalue weighted by Crippen LogP contribution is 2.23. The lowest BCUT2D eigenvalue weighted by Gasteiger charge is -2.30. The third kappa shape index (κ3) is 4.46. The lowest BCUT2D eigenvalue weighted by Crippen LogP contribution is -2.43. The molecule has 1 N–H and O–H groups in total. The van der Waals surface area contributed by atoms with Gasteiger partial charge in [0.1, 0.15) is 11.6 Å². The Morgan fingerprint density at radius 1 is 1.29 bits per heavy atom. The Labute approximate surface area is 124 Å². The van der Waals surface area contributed by atoms with Crippen LogP contribution in [0.4, 0.5) is 8.78 Å². The lowest BCUT2D eigenvalue weighted by atomic mass is 10.1. The Hall–Kier alpha value is -1.05. The minimum Gasteiger partial charge on any atom is -0.387 e. The Balaban J connectivity index is 2.82. The molecule has 0 aliphatic carbocycles. The van der Waals surface area contributed by atoms with Gasteiger partial charge >= 0.3 is 0 Å². The highest BCUT2D eigenvalue weighted by atomic mass is 32.2. The molecule has 120 valence electrons. The number of aliphatic hydroxyl groups excluding tert-OH is 1. The second-order valence-electron chi connectivity index (χ2n) is 5.88. The number of hydrogen-bond donors (Lipinski definition) is 1. The maximum Gasteiger partial charge on any atom is 0.153 e. The van der Waals surface area contributed by atoms with Crippen LogP contribution in [0.3, 0.4) is 0 Å². The average molecular weight is 321 g/mol. The molecule has 0 saturated carbocycles. The zero-order chi connectivity index (χ0) is 16.4. The number of hydrogen-bond acceptors (Lipinski definition) is 4. The van der Waals surface area contributed by atoms with E-state index in [-0.39, 0.29) is 13.1 Å². The molecule has 1 unspecified atom stereocenters. The van der Waals surface area contributed by atoms with E-state index in [1.807, 2.05) is 0 Å². The van der Waals surface area contributed by atoms with Gasteiger partial charge in [0.25, 0.3) is 0 Å². The fraction of sp³-hybridized carbons (Fsp3) is 0.571. The van der Waals surface area contributed by atoms with E-state index in [0.717, 1.165) is 18.4 Å². The summed E-state index contributed by atoms with van der Waals surface area (Å²) >= 11 is 0. The highest BCUT2D eigenvalue weighted by molar-refractivity contribution is 7.92. The van der Waals surface area contributed by atoms with E-state index in [4.69, 9.17) is 0 Å². The van der Waals surface area contributed by atoms with Gasteiger partial charge in [-0.15, -0.1) is 0 Å². The van der Waals surface area contributed by atoms with Crippen LogP contribution >= 0.6 is 0 Å². The molecule has 0 fully saturated rings. The molecular weight excluding hydrogens is 300 g/mol. The Morgan fingerprint density at radius 3 is 2.19 bits per heavy atom. The van der Waals surface area contributed by atoms with Gasteiger partial charge in [-0.3, -0.25) is 0 Å². The van der Waals surface area contributed by atoms with Gasteiger partial charge in [-0.25, -0.2) is 17.2 Å². The third-order valence-electron chi connectivity index (χ3n) is 3.47. The zero-order valence-electron chi connectivity index (χ0n) is 12.6. The molecule has 0 aliphatic heterocycles. The van der Waals surface area contributed by atoms with Crippen molar-refractivity contribution in [1.29, 1.82) is 0 Å². The van der Waals surface area contributed by atoms with Crippen molar-refractivity contribution in [2.45, 2.75) is 24.7 Å². The second-order valence-corrected chi connectivity index (χ2v) is 8.53. The molecule has 1 atom stereocenters. The van der Waals surface area contributed by atoms with Crippen molar-refractivity contribution in [3.63, 3.8) is 0 Å². The van der Waals surface area contributed by atoms with Crippen LogP contribution in [0.5, 0.6) is 0 Å². The molecule has 0 radical (unpaired) electrons. The van der Waals surface area contributed by atoms with Crippen molar-refractivity contribution < 1.29 is 22.3 Å². The van der Waals surface area contributed by atoms with Crippen molar-refractivity contribution in [2.75, 3.05) is 26.4 Å². The summed E-state index contributed by atoms with van der Waals surface area (Å²) in [5, 5.41) is 9.98. The van der Waals surface area contributed by atoms with E-state index < -0.39 is 37.9 Å². The molecule has 0 aromatic heterocycles. The second kappa shape index (κ2) is 6.37. The maximum atomic E-state index is 13.6. The zero-order valence-corrected chi connectivity index (χ0v) is 13.4. The average Bonchev–Trinajstić information content (AvgIpc) is 2.25. The molecule has 7 heteroatoms. The van der Waals surface area contributed by atoms with Gasteiger partial charge in [-0.1, -0.05) is 6.07 Å². The summed E-state index contributed by atoms with van der Waals surface area (Å²) in [6.45, 7) is 3.19. The van der Waals surface area contributed by atoms with Gasteiger partial charge in [0.05, 0.1) is 16.4 Å². The van der Waals surface area contributed by atoms with Gasteiger partial charge in [0.2, 0.25) is 0 Å². The summed E-state index contributed by atoms with van der Waals surface area (Å²) in [5.41, 5.74) is -0.401. The van der Waals surface area contributed by atoms with E-state index in [1.54, 1.807) is 20.9 Å². The summed E-state index contributed by atoms with van der Waals surface area (Å²) in [5.74, 6) is -1.64. The fourth-order valence-corrected chi connectivity index (χ4v) is 2.50. The highest BCUT2D eigenvalue weighted by Gasteiger charge is 2.32. The molecule has 0 amide bonds. The van der Waals surface area contributed by atoms with Gasteiger partial charge in [0, 0.05) is 19.3 Å². The Morgan fingerprint density at radius 2 is 1.76 bits per heavy atom. The topological polar surface area (TPSA) is 57.6 Å². The van der Waals surface area contributed by atoms with Crippen LogP contribution in [0.2, 0.25) is 0 Å². The Bertz CT molecular complexity index is 582. The molecule has 21 heavy (non-hydrogen) atoms. The molecule has 0 heterocycles. The molecule has 0 saturated heterocycles. The summed E-state index contributed by atoms with van der Waals surface area (Å²) in [6.07, 6.45) is -0.236. The number of likely N-dealkylation sites (N-methyl/N-ethyl adjacent to an activating group) is 1. The van der Waals surface area contributed by atoms with Crippen LogP contribution in [-0.4, -0.2) is 49.6 Å². The molecule has 0 aliphatic rings. The van der Waals surface area contributed by atoms with Gasteiger partial charge in [-0.05, 0) is 33.0 Å². The van der Waals surface area contributed by atoms with E-state index >= 15 is 0 Å². The van der Waals surface area contributed by atoms with Gasteiger partial charge in [0.15, 0.2) is 9.84 Å². The molecule has 0 spiro atoms. The first-order valence-electron chi connectivity index (χ1n) is 6.46. The predicted molar refractivity (Wildman–Crippen MR) is 77.7 cm³/mol. The summed E-state index contributed by atoms with van der Waals surface area (Å²) in [6, 6.07) is 3.36. The SMILES string of the molecule is CN(CC(O)c1c(F)cccc1F)CC(C)(C)S(C)(=O)=O. The van der Waals surface area contributed by atoms with Gasteiger partial charge in [-0.2, -0.15) is 0 Å². The summed E-state index contributed by atoms with van der Waals surface area (Å²) in [4.78, 5) is 1.54. The number of sulfone groups is 1. The van der Waals surface area contributed by atoms with Crippen molar-refractivity contribution in [1.82, 2.24) is 4.90 Å².